The van der Waals surface area contributed by atoms with Crippen LogP contribution in [0.1, 0.15) is 79.6 Å². The molecule has 4 aliphatic rings. The van der Waals surface area contributed by atoms with Crippen molar-refractivity contribution in [3.8, 4) is 0 Å². The standard InChI is InChI=1S/C31H36N4O2/c1-3-22-8-7-9-23(4-2)28(22)33-30(37)35-34-29(36)27-15-25(24-10-5-6-11-26(24)32-27)31-16-19-12-20(17-31)14-21(13-19)18-31/h5-11,15,19-21H,3-4,12-14,16-18H2,1-2H3,(H,34,36)(H2,33,35,37). The molecule has 6 heteroatoms. The second-order valence-electron chi connectivity index (χ2n) is 11.5. The molecular weight excluding hydrogens is 460 g/mol. The molecule has 0 radical (unpaired) electrons. The molecule has 3 amide bonds. The molecule has 4 saturated carbocycles. The first-order valence-electron chi connectivity index (χ1n) is 13.9. The van der Waals surface area contributed by atoms with Crippen molar-refractivity contribution in [2.24, 2.45) is 17.8 Å². The van der Waals surface area contributed by atoms with Gasteiger partial charge in [-0.15, -0.1) is 0 Å². The van der Waals surface area contributed by atoms with Gasteiger partial charge in [-0.2, -0.15) is 0 Å². The van der Waals surface area contributed by atoms with Crippen molar-refractivity contribution in [1.82, 2.24) is 15.8 Å². The van der Waals surface area contributed by atoms with E-state index in [2.05, 4.69) is 42.1 Å². The Morgan fingerprint density at radius 2 is 1.49 bits per heavy atom. The van der Waals surface area contributed by atoms with E-state index in [0.717, 1.165) is 58.3 Å². The number of hydrazine groups is 1. The number of pyridine rings is 1. The van der Waals surface area contributed by atoms with Crippen molar-refractivity contribution >= 4 is 28.5 Å². The van der Waals surface area contributed by atoms with Crippen LogP contribution in [0.3, 0.4) is 0 Å². The van der Waals surface area contributed by atoms with E-state index >= 15 is 0 Å². The molecule has 1 heterocycles. The van der Waals surface area contributed by atoms with Crippen molar-refractivity contribution in [3.05, 3.63) is 70.9 Å². The third-order valence-electron chi connectivity index (χ3n) is 9.09. The number of hydrogen-bond acceptors (Lipinski definition) is 3. The first-order valence-corrected chi connectivity index (χ1v) is 13.9. The van der Waals surface area contributed by atoms with Gasteiger partial charge >= 0.3 is 6.03 Å². The number of aromatic nitrogens is 1. The van der Waals surface area contributed by atoms with Gasteiger partial charge in [-0.25, -0.2) is 15.2 Å². The molecule has 0 aliphatic heterocycles. The van der Waals surface area contributed by atoms with E-state index in [0.29, 0.717) is 5.69 Å². The van der Waals surface area contributed by atoms with Crippen LogP contribution < -0.4 is 16.2 Å². The number of anilines is 1. The monoisotopic (exact) mass is 496 g/mol. The zero-order chi connectivity index (χ0) is 25.6. The summed E-state index contributed by atoms with van der Waals surface area (Å²) in [4.78, 5) is 30.7. The molecule has 2 aromatic carbocycles. The fraction of sp³-hybridized carbons (Fsp3) is 0.452. The Bertz CT molecular complexity index is 1310. The van der Waals surface area contributed by atoms with Gasteiger partial charge < -0.3 is 5.32 Å². The van der Waals surface area contributed by atoms with E-state index in [1.165, 1.54) is 44.1 Å². The lowest BCUT2D eigenvalue weighted by atomic mass is 9.48. The number of hydrogen-bond donors (Lipinski definition) is 3. The quantitative estimate of drug-likeness (QED) is 0.363. The maximum absolute atomic E-state index is 13.3. The van der Waals surface area contributed by atoms with Crippen LogP contribution in [-0.4, -0.2) is 16.9 Å². The van der Waals surface area contributed by atoms with Crippen LogP contribution >= 0.6 is 0 Å². The van der Waals surface area contributed by atoms with Gasteiger partial charge in [0.1, 0.15) is 5.69 Å². The number of rotatable bonds is 5. The highest BCUT2D eigenvalue weighted by molar-refractivity contribution is 5.98. The predicted molar refractivity (Wildman–Crippen MR) is 146 cm³/mol. The summed E-state index contributed by atoms with van der Waals surface area (Å²) in [6.07, 6.45) is 9.37. The Kier molecular flexibility index (Phi) is 6.13. The van der Waals surface area contributed by atoms with E-state index in [1.54, 1.807) is 0 Å². The number of aryl methyl sites for hydroxylation is 2. The summed E-state index contributed by atoms with van der Waals surface area (Å²) in [5.41, 5.74) is 10.7. The van der Waals surface area contributed by atoms with Crippen LogP contribution in [0.2, 0.25) is 0 Å². The summed E-state index contributed by atoms with van der Waals surface area (Å²) in [6.45, 7) is 4.12. The molecule has 1 aromatic heterocycles. The predicted octanol–water partition coefficient (Wildman–Crippen LogP) is 6.29. The average molecular weight is 497 g/mol. The maximum Gasteiger partial charge on any atom is 0.337 e. The molecule has 3 aromatic rings. The van der Waals surface area contributed by atoms with Gasteiger partial charge in [-0.1, -0.05) is 50.2 Å². The second-order valence-corrected chi connectivity index (χ2v) is 11.5. The SMILES string of the molecule is CCc1cccc(CC)c1NC(=O)NNC(=O)c1cc(C23CC4CC(CC(C4)C2)C3)c2ccccc2n1. The number of carbonyl (C=O) groups is 2. The molecule has 0 spiro atoms. The Morgan fingerprint density at radius 1 is 0.865 bits per heavy atom. The molecule has 3 N–H and O–H groups in total. The summed E-state index contributed by atoms with van der Waals surface area (Å²) in [7, 11) is 0. The fourth-order valence-corrected chi connectivity index (χ4v) is 7.90. The third kappa shape index (κ3) is 4.36. The number of para-hydroxylation sites is 2. The summed E-state index contributed by atoms with van der Waals surface area (Å²) in [5, 5.41) is 4.09. The lowest BCUT2D eigenvalue weighted by Crippen LogP contribution is -2.49. The van der Waals surface area contributed by atoms with Crippen LogP contribution in [0.5, 0.6) is 0 Å². The van der Waals surface area contributed by atoms with Gasteiger partial charge in [0, 0.05) is 11.1 Å². The highest BCUT2D eigenvalue weighted by Gasteiger charge is 2.52. The van der Waals surface area contributed by atoms with Gasteiger partial charge in [0.15, 0.2) is 0 Å². The van der Waals surface area contributed by atoms with Crippen LogP contribution in [0, 0.1) is 17.8 Å². The molecule has 7 rings (SSSR count). The Balaban J connectivity index is 1.24. The minimum absolute atomic E-state index is 0.136. The van der Waals surface area contributed by atoms with Gasteiger partial charge in [0.05, 0.1) is 5.52 Å². The number of benzene rings is 2. The number of nitrogens with one attached hydrogen (secondary N) is 3. The normalized spacial score (nSPS) is 25.7. The zero-order valence-electron chi connectivity index (χ0n) is 21.8. The summed E-state index contributed by atoms with van der Waals surface area (Å²) >= 11 is 0. The molecule has 4 aliphatic carbocycles. The minimum atomic E-state index is -0.467. The molecule has 0 unspecified atom stereocenters. The van der Waals surface area contributed by atoms with E-state index < -0.39 is 11.9 Å². The molecule has 192 valence electrons. The minimum Gasteiger partial charge on any atom is -0.306 e. The number of carbonyl (C=O) groups excluding carboxylic acids is 2. The largest absolute Gasteiger partial charge is 0.337 e. The Hall–Kier alpha value is -3.41. The summed E-state index contributed by atoms with van der Waals surface area (Å²) < 4.78 is 0. The number of nitrogens with zero attached hydrogens (tertiary/aromatic N) is 1. The Labute approximate surface area is 218 Å². The third-order valence-corrected chi connectivity index (χ3v) is 9.09. The summed E-state index contributed by atoms with van der Waals surface area (Å²) in [6, 6.07) is 15.8. The first kappa shape index (κ1) is 24.0. The average Bonchev–Trinajstić information content (AvgIpc) is 2.90. The zero-order valence-corrected chi connectivity index (χ0v) is 21.8. The number of fused-ring (bicyclic) bond motifs is 1. The van der Waals surface area contributed by atoms with Crippen molar-refractivity contribution in [2.45, 2.75) is 70.6 Å². The van der Waals surface area contributed by atoms with Gasteiger partial charge in [-0.05, 0) is 103 Å². The molecule has 6 nitrogen and oxygen atoms in total. The topological polar surface area (TPSA) is 83.1 Å². The molecule has 0 atom stereocenters. The molecule has 4 fully saturated rings. The van der Waals surface area contributed by atoms with Gasteiger partial charge in [0.25, 0.3) is 5.91 Å². The maximum atomic E-state index is 13.3. The van der Waals surface area contributed by atoms with Crippen molar-refractivity contribution in [2.75, 3.05) is 5.32 Å². The summed E-state index contributed by atoms with van der Waals surface area (Å²) in [5.74, 6) is 2.02. The van der Waals surface area contributed by atoms with Gasteiger partial charge in [0.2, 0.25) is 0 Å². The van der Waals surface area contributed by atoms with Crippen molar-refractivity contribution in [3.63, 3.8) is 0 Å². The first-order chi connectivity index (χ1) is 18.0. The molecular formula is C31H36N4O2. The lowest BCUT2D eigenvalue weighted by molar-refractivity contribution is -0.00454. The van der Waals surface area contributed by atoms with E-state index in [-0.39, 0.29) is 5.41 Å². The van der Waals surface area contributed by atoms with Crippen molar-refractivity contribution in [1.29, 1.82) is 0 Å². The van der Waals surface area contributed by atoms with Crippen LogP contribution in [0.15, 0.2) is 48.5 Å². The molecule has 4 bridgehead atoms. The van der Waals surface area contributed by atoms with E-state index in [1.807, 2.05) is 36.4 Å². The lowest BCUT2D eigenvalue weighted by Gasteiger charge is -2.57. The van der Waals surface area contributed by atoms with E-state index in [9.17, 15) is 9.59 Å². The fourth-order valence-electron chi connectivity index (χ4n) is 7.90. The number of amides is 3. The highest BCUT2D eigenvalue weighted by Crippen LogP contribution is 2.61. The smallest absolute Gasteiger partial charge is 0.306 e. The van der Waals surface area contributed by atoms with Crippen LogP contribution in [0.4, 0.5) is 10.5 Å². The van der Waals surface area contributed by atoms with Crippen LogP contribution in [0.25, 0.3) is 10.9 Å². The van der Waals surface area contributed by atoms with E-state index in [4.69, 9.17) is 4.98 Å². The highest BCUT2D eigenvalue weighted by atomic mass is 16.2. The molecule has 37 heavy (non-hydrogen) atoms. The Morgan fingerprint density at radius 3 is 2.11 bits per heavy atom. The van der Waals surface area contributed by atoms with Gasteiger partial charge in [-0.3, -0.25) is 10.2 Å². The molecule has 0 saturated heterocycles. The van der Waals surface area contributed by atoms with Crippen molar-refractivity contribution < 1.29 is 9.59 Å². The number of urea groups is 1. The van der Waals surface area contributed by atoms with Crippen LogP contribution in [-0.2, 0) is 18.3 Å². The second kappa shape index (κ2) is 9.47.